The van der Waals surface area contributed by atoms with E-state index in [4.69, 9.17) is 6.57 Å². The summed E-state index contributed by atoms with van der Waals surface area (Å²) >= 11 is 0. The molecule has 0 aliphatic heterocycles. The Morgan fingerprint density at radius 3 is 2.25 bits per heavy atom. The first-order valence-corrected chi connectivity index (χ1v) is 5.08. The summed E-state index contributed by atoms with van der Waals surface area (Å²) in [5.74, 6) is 0. The average molecular weight is 208 g/mol. The molecule has 2 nitrogen and oxygen atoms in total. The zero-order valence-corrected chi connectivity index (χ0v) is 9.09. The molecule has 2 aromatic rings. The lowest BCUT2D eigenvalue weighted by molar-refractivity contribution is 1.21. The van der Waals surface area contributed by atoms with Crippen molar-refractivity contribution >= 4 is 17.1 Å². The first-order chi connectivity index (χ1) is 7.83. The monoisotopic (exact) mass is 208 g/mol. The van der Waals surface area contributed by atoms with Gasteiger partial charge < -0.3 is 4.90 Å². The molecule has 0 bridgehead atoms. The van der Waals surface area contributed by atoms with Crippen LogP contribution < -0.4 is 4.90 Å². The molecule has 0 aliphatic carbocycles. The standard InChI is InChI=1S/C14H12N2/c1-15-13-10-6-7-11-14(13)16(2)12-8-4-3-5-9-12/h3-11H,2H3. The molecule has 78 valence electrons. The van der Waals surface area contributed by atoms with Gasteiger partial charge in [-0.2, -0.15) is 0 Å². The number of benzene rings is 2. The molecule has 2 rings (SSSR count). The van der Waals surface area contributed by atoms with Crippen molar-refractivity contribution in [2.45, 2.75) is 0 Å². The van der Waals surface area contributed by atoms with E-state index in [1.807, 2.05) is 66.5 Å². The van der Waals surface area contributed by atoms with E-state index in [1.54, 1.807) is 0 Å². The van der Waals surface area contributed by atoms with Crippen LogP contribution in [0.3, 0.4) is 0 Å². The van der Waals surface area contributed by atoms with Crippen molar-refractivity contribution < 1.29 is 0 Å². The summed E-state index contributed by atoms with van der Waals surface area (Å²) in [5.41, 5.74) is 2.69. The van der Waals surface area contributed by atoms with Crippen molar-refractivity contribution in [1.82, 2.24) is 0 Å². The topological polar surface area (TPSA) is 7.60 Å². The molecular formula is C14H12N2. The summed E-state index contributed by atoms with van der Waals surface area (Å²) in [6.45, 7) is 7.14. The smallest absolute Gasteiger partial charge is 0.210 e. The third-order valence-corrected chi connectivity index (χ3v) is 2.51. The molecule has 0 atom stereocenters. The fourth-order valence-corrected chi connectivity index (χ4v) is 1.63. The van der Waals surface area contributed by atoms with Gasteiger partial charge in [0.1, 0.15) is 0 Å². The highest BCUT2D eigenvalue weighted by Gasteiger charge is 2.07. The highest BCUT2D eigenvalue weighted by Crippen LogP contribution is 2.32. The van der Waals surface area contributed by atoms with E-state index < -0.39 is 0 Å². The number of hydrogen-bond acceptors (Lipinski definition) is 1. The van der Waals surface area contributed by atoms with E-state index in [1.165, 1.54) is 0 Å². The summed E-state index contributed by atoms with van der Waals surface area (Å²) in [7, 11) is 1.97. The predicted molar refractivity (Wildman–Crippen MR) is 67.2 cm³/mol. The van der Waals surface area contributed by atoms with Crippen LogP contribution in [-0.2, 0) is 0 Å². The van der Waals surface area contributed by atoms with Crippen LogP contribution in [0.15, 0.2) is 54.6 Å². The Balaban J connectivity index is 2.42. The molecule has 2 heteroatoms. The molecule has 2 aromatic carbocycles. The van der Waals surface area contributed by atoms with E-state index in [0.29, 0.717) is 5.69 Å². The van der Waals surface area contributed by atoms with Gasteiger partial charge in [-0.05, 0) is 18.2 Å². The van der Waals surface area contributed by atoms with Crippen molar-refractivity contribution in [2.24, 2.45) is 0 Å². The van der Waals surface area contributed by atoms with Gasteiger partial charge in [0.2, 0.25) is 5.69 Å². The third-order valence-electron chi connectivity index (χ3n) is 2.51. The molecule has 0 saturated carbocycles. The molecule has 0 N–H and O–H groups in total. The minimum Gasteiger partial charge on any atom is -0.354 e. The van der Waals surface area contributed by atoms with Crippen molar-refractivity contribution in [2.75, 3.05) is 11.9 Å². The fourth-order valence-electron chi connectivity index (χ4n) is 1.63. The lowest BCUT2D eigenvalue weighted by Crippen LogP contribution is -2.08. The van der Waals surface area contributed by atoms with Gasteiger partial charge in [-0.15, -0.1) is 0 Å². The Morgan fingerprint density at radius 1 is 0.938 bits per heavy atom. The first-order valence-electron chi connectivity index (χ1n) is 5.08. The van der Waals surface area contributed by atoms with E-state index in [9.17, 15) is 0 Å². The van der Waals surface area contributed by atoms with Gasteiger partial charge in [0.05, 0.1) is 6.57 Å². The van der Waals surface area contributed by atoms with Crippen molar-refractivity contribution in [3.05, 3.63) is 66.0 Å². The molecule has 0 unspecified atom stereocenters. The van der Waals surface area contributed by atoms with Crippen LogP contribution in [-0.4, -0.2) is 7.05 Å². The Kier molecular flexibility index (Phi) is 2.88. The number of anilines is 2. The Bertz CT molecular complexity index is 512. The van der Waals surface area contributed by atoms with Crippen LogP contribution >= 0.6 is 0 Å². The maximum Gasteiger partial charge on any atom is 0.210 e. The van der Waals surface area contributed by atoms with E-state index in [2.05, 4.69) is 4.85 Å². The molecule has 0 aromatic heterocycles. The molecule has 16 heavy (non-hydrogen) atoms. The maximum absolute atomic E-state index is 7.14. The summed E-state index contributed by atoms with van der Waals surface area (Å²) < 4.78 is 0. The Morgan fingerprint density at radius 2 is 1.56 bits per heavy atom. The summed E-state index contributed by atoms with van der Waals surface area (Å²) in [6, 6.07) is 17.7. The minimum atomic E-state index is 0.675. The molecule has 0 fully saturated rings. The van der Waals surface area contributed by atoms with Crippen molar-refractivity contribution in [1.29, 1.82) is 0 Å². The predicted octanol–water partition coefficient (Wildman–Crippen LogP) is 4.01. The highest BCUT2D eigenvalue weighted by atomic mass is 15.1. The normalized spacial score (nSPS) is 9.50. The number of para-hydroxylation sites is 3. The maximum atomic E-state index is 7.14. The SMILES string of the molecule is [C-]#[N+]c1ccccc1N(C)c1ccccc1. The van der Waals surface area contributed by atoms with Crippen LogP contribution in [0.5, 0.6) is 0 Å². The Hall–Kier alpha value is -2.27. The van der Waals surface area contributed by atoms with Gasteiger partial charge in [-0.1, -0.05) is 36.4 Å². The van der Waals surface area contributed by atoms with Crippen LogP contribution in [0, 0.1) is 6.57 Å². The lowest BCUT2D eigenvalue weighted by atomic mass is 10.2. The molecule has 0 amide bonds. The van der Waals surface area contributed by atoms with E-state index in [-0.39, 0.29) is 0 Å². The molecule has 0 aliphatic rings. The summed E-state index contributed by atoms with van der Waals surface area (Å²) in [5, 5.41) is 0. The summed E-state index contributed by atoms with van der Waals surface area (Å²) in [6.07, 6.45) is 0. The van der Waals surface area contributed by atoms with Crippen molar-refractivity contribution in [3.63, 3.8) is 0 Å². The Labute approximate surface area is 95.6 Å². The molecule has 0 heterocycles. The van der Waals surface area contributed by atoms with Crippen LogP contribution in [0.1, 0.15) is 0 Å². The lowest BCUT2D eigenvalue weighted by Gasteiger charge is -2.20. The van der Waals surface area contributed by atoms with E-state index in [0.717, 1.165) is 11.4 Å². The highest BCUT2D eigenvalue weighted by molar-refractivity contribution is 5.76. The van der Waals surface area contributed by atoms with Crippen LogP contribution in [0.2, 0.25) is 0 Å². The van der Waals surface area contributed by atoms with Crippen LogP contribution in [0.4, 0.5) is 17.1 Å². The zero-order chi connectivity index (χ0) is 11.4. The number of rotatable bonds is 2. The second-order valence-electron chi connectivity index (χ2n) is 3.50. The molecular weight excluding hydrogens is 196 g/mol. The largest absolute Gasteiger partial charge is 0.354 e. The van der Waals surface area contributed by atoms with Gasteiger partial charge in [-0.25, -0.2) is 4.85 Å². The van der Waals surface area contributed by atoms with Crippen LogP contribution in [0.25, 0.3) is 4.85 Å². The van der Waals surface area contributed by atoms with Gasteiger partial charge in [0.25, 0.3) is 0 Å². The van der Waals surface area contributed by atoms with Gasteiger partial charge in [-0.3, -0.25) is 0 Å². The number of nitrogens with zero attached hydrogens (tertiary/aromatic N) is 2. The second kappa shape index (κ2) is 4.50. The van der Waals surface area contributed by atoms with Gasteiger partial charge >= 0.3 is 0 Å². The quantitative estimate of drug-likeness (QED) is 0.677. The second-order valence-corrected chi connectivity index (χ2v) is 3.50. The van der Waals surface area contributed by atoms with Gasteiger partial charge in [0, 0.05) is 18.4 Å². The minimum absolute atomic E-state index is 0.675. The van der Waals surface area contributed by atoms with E-state index >= 15 is 0 Å². The molecule has 0 spiro atoms. The fraction of sp³-hybridized carbons (Fsp3) is 0.0714. The average Bonchev–Trinajstić information content (AvgIpc) is 2.39. The first kappa shape index (κ1) is 10.3. The molecule has 0 saturated heterocycles. The summed E-state index contributed by atoms with van der Waals surface area (Å²) in [4.78, 5) is 5.55. The number of hydrogen-bond donors (Lipinski definition) is 0. The molecule has 0 radical (unpaired) electrons. The van der Waals surface area contributed by atoms with Crippen molar-refractivity contribution in [3.8, 4) is 0 Å². The van der Waals surface area contributed by atoms with Gasteiger partial charge in [0.15, 0.2) is 0 Å². The third kappa shape index (κ3) is 1.89. The zero-order valence-electron chi connectivity index (χ0n) is 9.09.